The predicted molar refractivity (Wildman–Crippen MR) is 78.0 cm³/mol. The van der Waals surface area contributed by atoms with E-state index in [1.165, 1.54) is 11.1 Å². The van der Waals surface area contributed by atoms with Crippen molar-refractivity contribution < 1.29 is 9.47 Å². The summed E-state index contributed by atoms with van der Waals surface area (Å²) in [4.78, 5) is 0. The molecule has 100 valence electrons. The van der Waals surface area contributed by atoms with Gasteiger partial charge in [-0.3, -0.25) is 0 Å². The van der Waals surface area contributed by atoms with Gasteiger partial charge in [0.2, 0.25) is 0 Å². The van der Waals surface area contributed by atoms with Crippen LogP contribution in [0.15, 0.2) is 48.5 Å². The third-order valence-corrected chi connectivity index (χ3v) is 3.24. The molecule has 0 atom stereocenters. The second-order valence-electron chi connectivity index (χ2n) is 4.49. The van der Waals surface area contributed by atoms with Crippen LogP contribution in [-0.2, 0) is 12.8 Å². The molecule has 2 heteroatoms. The quantitative estimate of drug-likeness (QED) is 0.781. The zero-order valence-corrected chi connectivity index (χ0v) is 11.6. The molecule has 0 aliphatic carbocycles. The van der Waals surface area contributed by atoms with E-state index in [-0.39, 0.29) is 0 Å². The standard InChI is InChI=1S/C17H20O2/c1-18-16-13-7-12-15(17(16)19-2)11-6-10-14-8-4-3-5-9-14/h3-5,7-9,12-13H,6,10-11H2,1-2H3. The van der Waals surface area contributed by atoms with Gasteiger partial charge in [0.1, 0.15) is 0 Å². The Bertz CT molecular complexity index is 506. The first-order valence-corrected chi connectivity index (χ1v) is 6.59. The largest absolute Gasteiger partial charge is 0.493 e. The van der Waals surface area contributed by atoms with Crippen molar-refractivity contribution in [3.63, 3.8) is 0 Å². The van der Waals surface area contributed by atoms with Gasteiger partial charge in [-0.2, -0.15) is 0 Å². The van der Waals surface area contributed by atoms with Crippen LogP contribution in [0.25, 0.3) is 0 Å². The van der Waals surface area contributed by atoms with Crippen LogP contribution in [0.4, 0.5) is 0 Å². The van der Waals surface area contributed by atoms with Gasteiger partial charge in [0.05, 0.1) is 14.2 Å². The van der Waals surface area contributed by atoms with Crippen molar-refractivity contribution >= 4 is 0 Å². The predicted octanol–water partition coefficient (Wildman–Crippen LogP) is 3.88. The van der Waals surface area contributed by atoms with E-state index in [9.17, 15) is 0 Å². The molecule has 0 aliphatic heterocycles. The van der Waals surface area contributed by atoms with Gasteiger partial charge >= 0.3 is 0 Å². The zero-order valence-electron chi connectivity index (χ0n) is 11.6. The maximum absolute atomic E-state index is 5.45. The molecule has 0 unspecified atom stereocenters. The first-order chi connectivity index (χ1) is 9.35. The van der Waals surface area contributed by atoms with E-state index < -0.39 is 0 Å². The van der Waals surface area contributed by atoms with E-state index in [4.69, 9.17) is 9.47 Å². The van der Waals surface area contributed by atoms with Crippen molar-refractivity contribution in [1.82, 2.24) is 0 Å². The van der Waals surface area contributed by atoms with Gasteiger partial charge in [-0.25, -0.2) is 0 Å². The highest BCUT2D eigenvalue weighted by Crippen LogP contribution is 2.31. The number of aryl methyl sites for hydroxylation is 2. The van der Waals surface area contributed by atoms with Crippen LogP contribution in [0, 0.1) is 0 Å². The lowest BCUT2D eigenvalue weighted by molar-refractivity contribution is 0.351. The second-order valence-corrected chi connectivity index (χ2v) is 4.49. The zero-order chi connectivity index (χ0) is 13.5. The fourth-order valence-corrected chi connectivity index (χ4v) is 2.28. The Kier molecular flexibility index (Phi) is 4.85. The molecular formula is C17H20O2. The highest BCUT2D eigenvalue weighted by atomic mass is 16.5. The summed E-state index contributed by atoms with van der Waals surface area (Å²) in [6.45, 7) is 0. The minimum atomic E-state index is 0.805. The van der Waals surface area contributed by atoms with Crippen molar-refractivity contribution in [2.45, 2.75) is 19.3 Å². The molecule has 0 N–H and O–H groups in total. The monoisotopic (exact) mass is 256 g/mol. The lowest BCUT2D eigenvalue weighted by Crippen LogP contribution is -1.97. The van der Waals surface area contributed by atoms with E-state index in [0.717, 1.165) is 30.8 Å². The SMILES string of the molecule is COc1cccc(CCCc2ccccc2)c1OC. The first kappa shape index (κ1) is 13.5. The summed E-state index contributed by atoms with van der Waals surface area (Å²) >= 11 is 0. The number of ether oxygens (including phenoxy) is 2. The summed E-state index contributed by atoms with van der Waals surface area (Å²) in [5.41, 5.74) is 2.59. The summed E-state index contributed by atoms with van der Waals surface area (Å²) in [6.07, 6.45) is 3.18. The van der Waals surface area contributed by atoms with Crippen molar-refractivity contribution in [1.29, 1.82) is 0 Å². The van der Waals surface area contributed by atoms with Crippen LogP contribution in [0.1, 0.15) is 17.5 Å². The fourth-order valence-electron chi connectivity index (χ4n) is 2.28. The van der Waals surface area contributed by atoms with Crippen LogP contribution < -0.4 is 9.47 Å². The molecule has 2 aromatic carbocycles. The fraction of sp³-hybridized carbons (Fsp3) is 0.294. The van der Waals surface area contributed by atoms with Gasteiger partial charge in [0.25, 0.3) is 0 Å². The molecule has 0 saturated carbocycles. The minimum absolute atomic E-state index is 0.805. The van der Waals surface area contributed by atoms with E-state index in [2.05, 4.69) is 36.4 Å². The Hall–Kier alpha value is -1.96. The van der Waals surface area contributed by atoms with Crippen LogP contribution in [0.2, 0.25) is 0 Å². The molecule has 0 aliphatic rings. The Morgan fingerprint density at radius 1 is 0.789 bits per heavy atom. The average molecular weight is 256 g/mol. The number of hydrogen-bond donors (Lipinski definition) is 0. The summed E-state index contributed by atoms with van der Waals surface area (Å²) < 4.78 is 10.8. The average Bonchev–Trinajstić information content (AvgIpc) is 2.48. The van der Waals surface area contributed by atoms with E-state index in [0.29, 0.717) is 0 Å². The molecule has 0 bridgehead atoms. The number of rotatable bonds is 6. The van der Waals surface area contributed by atoms with Crippen LogP contribution in [0.3, 0.4) is 0 Å². The molecule has 2 aromatic rings. The molecule has 0 spiro atoms. The van der Waals surface area contributed by atoms with Crippen LogP contribution in [0.5, 0.6) is 11.5 Å². The van der Waals surface area contributed by atoms with Crippen LogP contribution in [-0.4, -0.2) is 14.2 Å². The molecular weight excluding hydrogens is 236 g/mol. The van der Waals surface area contributed by atoms with Gasteiger partial charge in [0, 0.05) is 0 Å². The Balaban J connectivity index is 2.00. The molecule has 0 saturated heterocycles. The molecule has 19 heavy (non-hydrogen) atoms. The van der Waals surface area contributed by atoms with Gasteiger partial charge < -0.3 is 9.47 Å². The lowest BCUT2D eigenvalue weighted by atomic mass is 10.0. The lowest BCUT2D eigenvalue weighted by Gasteiger charge is -2.12. The molecule has 0 radical (unpaired) electrons. The third-order valence-electron chi connectivity index (χ3n) is 3.24. The second kappa shape index (κ2) is 6.83. The van der Waals surface area contributed by atoms with Gasteiger partial charge in [-0.15, -0.1) is 0 Å². The van der Waals surface area contributed by atoms with Gasteiger partial charge in [-0.05, 0) is 36.5 Å². The molecule has 0 amide bonds. The van der Waals surface area contributed by atoms with Gasteiger partial charge in [-0.1, -0.05) is 42.5 Å². The van der Waals surface area contributed by atoms with Crippen molar-refractivity contribution in [3.8, 4) is 11.5 Å². The van der Waals surface area contributed by atoms with Crippen LogP contribution >= 0.6 is 0 Å². The maximum atomic E-state index is 5.45. The van der Waals surface area contributed by atoms with Crippen molar-refractivity contribution in [3.05, 3.63) is 59.7 Å². The number of hydrogen-bond acceptors (Lipinski definition) is 2. The van der Waals surface area contributed by atoms with Crippen molar-refractivity contribution in [2.24, 2.45) is 0 Å². The molecule has 0 fully saturated rings. The summed E-state index contributed by atoms with van der Waals surface area (Å²) in [7, 11) is 3.37. The topological polar surface area (TPSA) is 18.5 Å². The maximum Gasteiger partial charge on any atom is 0.163 e. The summed E-state index contributed by atoms with van der Waals surface area (Å²) in [5.74, 6) is 1.66. The molecule has 0 aromatic heterocycles. The Labute approximate surface area is 115 Å². The minimum Gasteiger partial charge on any atom is -0.493 e. The molecule has 2 rings (SSSR count). The summed E-state index contributed by atoms with van der Waals surface area (Å²) in [6, 6.07) is 16.6. The van der Waals surface area contributed by atoms with E-state index >= 15 is 0 Å². The van der Waals surface area contributed by atoms with Crippen molar-refractivity contribution in [2.75, 3.05) is 14.2 Å². The van der Waals surface area contributed by atoms with E-state index in [1.807, 2.05) is 12.1 Å². The Morgan fingerprint density at radius 2 is 1.58 bits per heavy atom. The molecule has 0 heterocycles. The van der Waals surface area contributed by atoms with Gasteiger partial charge in [0.15, 0.2) is 11.5 Å². The normalized spacial score (nSPS) is 10.2. The highest BCUT2D eigenvalue weighted by Gasteiger charge is 2.08. The summed E-state index contributed by atoms with van der Waals surface area (Å²) in [5, 5.41) is 0. The Morgan fingerprint density at radius 3 is 2.26 bits per heavy atom. The third kappa shape index (κ3) is 3.50. The number of methoxy groups -OCH3 is 2. The number of benzene rings is 2. The highest BCUT2D eigenvalue weighted by molar-refractivity contribution is 5.46. The van der Waals surface area contributed by atoms with E-state index in [1.54, 1.807) is 14.2 Å². The first-order valence-electron chi connectivity index (χ1n) is 6.59. The number of para-hydroxylation sites is 1. The smallest absolute Gasteiger partial charge is 0.163 e. The molecule has 2 nitrogen and oxygen atoms in total.